The van der Waals surface area contributed by atoms with Crippen LogP contribution in [-0.4, -0.2) is 44.0 Å². The van der Waals surface area contributed by atoms with Crippen molar-refractivity contribution in [1.29, 1.82) is 0 Å². The molecule has 0 bridgehead atoms. The monoisotopic (exact) mass is 267 g/mol. The molecule has 1 saturated heterocycles. The molecule has 1 heterocycles. The third-order valence-corrected chi connectivity index (χ3v) is 3.02. The van der Waals surface area contributed by atoms with E-state index in [1.807, 2.05) is 0 Å². The van der Waals surface area contributed by atoms with Crippen LogP contribution >= 0.6 is 0 Å². The maximum absolute atomic E-state index is 11.1. The third-order valence-electron chi connectivity index (χ3n) is 3.02. The number of hydrogen-bond donors (Lipinski definition) is 2. The molecular weight excluding hydrogens is 250 g/mol. The average molecular weight is 267 g/mol. The van der Waals surface area contributed by atoms with Gasteiger partial charge in [-0.1, -0.05) is 6.07 Å². The third kappa shape index (κ3) is 2.97. The van der Waals surface area contributed by atoms with Gasteiger partial charge in [-0.2, -0.15) is 0 Å². The minimum absolute atomic E-state index is 0.0320. The highest BCUT2D eigenvalue weighted by Gasteiger charge is 2.23. The van der Waals surface area contributed by atoms with Crippen LogP contribution in [0.5, 0.6) is 11.5 Å². The van der Waals surface area contributed by atoms with Crippen molar-refractivity contribution in [2.45, 2.75) is 12.0 Å². The zero-order valence-electron chi connectivity index (χ0n) is 10.7. The molecule has 0 radical (unpaired) electrons. The van der Waals surface area contributed by atoms with Gasteiger partial charge in [-0.3, -0.25) is 4.79 Å². The van der Waals surface area contributed by atoms with E-state index in [-0.39, 0.29) is 12.6 Å². The van der Waals surface area contributed by atoms with Crippen molar-refractivity contribution in [2.24, 2.45) is 5.73 Å². The van der Waals surface area contributed by atoms with Crippen LogP contribution in [0, 0.1) is 0 Å². The maximum atomic E-state index is 11.1. The van der Waals surface area contributed by atoms with Crippen molar-refractivity contribution in [1.82, 2.24) is 0 Å². The summed E-state index contributed by atoms with van der Waals surface area (Å²) in [5, 5.41) is 9.08. The van der Waals surface area contributed by atoms with Crippen molar-refractivity contribution >= 4 is 5.97 Å². The van der Waals surface area contributed by atoms with Gasteiger partial charge in [0.25, 0.3) is 0 Å². The maximum Gasteiger partial charge on any atom is 0.312 e. The highest BCUT2D eigenvalue weighted by Crippen LogP contribution is 2.32. The predicted octanol–water partition coefficient (Wildman–Crippen LogP) is 0.600. The van der Waals surface area contributed by atoms with Crippen molar-refractivity contribution in [2.75, 3.05) is 26.9 Å². The largest absolute Gasteiger partial charge is 0.493 e. The summed E-state index contributed by atoms with van der Waals surface area (Å²) in [6, 6.07) is 5.06. The van der Waals surface area contributed by atoms with Crippen molar-refractivity contribution in [3.63, 3.8) is 0 Å². The first kappa shape index (κ1) is 13.6. The zero-order valence-corrected chi connectivity index (χ0v) is 10.7. The zero-order chi connectivity index (χ0) is 13.8. The Balaban J connectivity index is 2.21. The number of hydrogen-bond acceptors (Lipinski definition) is 5. The second-order valence-corrected chi connectivity index (χ2v) is 4.31. The molecule has 0 spiro atoms. The fourth-order valence-electron chi connectivity index (χ4n) is 1.84. The van der Waals surface area contributed by atoms with Gasteiger partial charge in [0.05, 0.1) is 26.2 Å². The highest BCUT2D eigenvalue weighted by atomic mass is 16.6. The van der Waals surface area contributed by atoms with E-state index in [0.717, 1.165) is 0 Å². The van der Waals surface area contributed by atoms with Gasteiger partial charge < -0.3 is 25.1 Å². The van der Waals surface area contributed by atoms with Crippen LogP contribution in [0.4, 0.5) is 0 Å². The molecule has 1 unspecified atom stereocenters. The van der Waals surface area contributed by atoms with Crippen molar-refractivity contribution in [3.05, 3.63) is 23.8 Å². The Kier molecular flexibility index (Phi) is 4.24. The lowest BCUT2D eigenvalue weighted by molar-refractivity contribution is -0.138. The molecule has 1 aromatic rings. The summed E-state index contributed by atoms with van der Waals surface area (Å²) >= 11 is 0. The van der Waals surface area contributed by atoms with Gasteiger partial charge in [-0.15, -0.1) is 0 Å². The fraction of sp³-hybridized carbons (Fsp3) is 0.462. The Morgan fingerprint density at radius 1 is 1.53 bits per heavy atom. The molecule has 6 heteroatoms. The number of ether oxygens (including phenoxy) is 3. The summed E-state index contributed by atoms with van der Waals surface area (Å²) in [7, 11) is 1.52. The van der Waals surface area contributed by atoms with Gasteiger partial charge in [0.15, 0.2) is 11.5 Å². The normalized spacial score (nSPS) is 16.5. The second kappa shape index (κ2) is 5.90. The van der Waals surface area contributed by atoms with Gasteiger partial charge in [0, 0.05) is 6.54 Å². The van der Waals surface area contributed by atoms with Gasteiger partial charge in [-0.25, -0.2) is 0 Å². The lowest BCUT2D eigenvalue weighted by atomic mass is 9.99. The quantitative estimate of drug-likeness (QED) is 0.784. The minimum Gasteiger partial charge on any atom is -0.493 e. The van der Waals surface area contributed by atoms with E-state index in [4.69, 9.17) is 25.1 Å². The first-order valence-corrected chi connectivity index (χ1v) is 6.01. The van der Waals surface area contributed by atoms with Gasteiger partial charge >= 0.3 is 5.97 Å². The van der Waals surface area contributed by atoms with Gasteiger partial charge in [0.1, 0.15) is 6.10 Å². The summed E-state index contributed by atoms with van der Waals surface area (Å²) < 4.78 is 15.9. The topological polar surface area (TPSA) is 91.0 Å². The Morgan fingerprint density at radius 3 is 2.74 bits per heavy atom. The van der Waals surface area contributed by atoms with Crippen molar-refractivity contribution < 1.29 is 24.1 Å². The van der Waals surface area contributed by atoms with Crippen LogP contribution in [0.2, 0.25) is 0 Å². The van der Waals surface area contributed by atoms with Crippen LogP contribution in [0.25, 0.3) is 0 Å². The summed E-state index contributed by atoms with van der Waals surface area (Å²) in [6.07, 6.45) is 0.0320. The SMILES string of the molecule is COc1cc(C(CN)C(=O)O)ccc1OC1COC1. The van der Waals surface area contributed by atoms with E-state index in [2.05, 4.69) is 0 Å². The molecule has 1 atom stereocenters. The molecule has 1 fully saturated rings. The van der Waals surface area contributed by atoms with Crippen LogP contribution < -0.4 is 15.2 Å². The molecule has 2 rings (SSSR count). The van der Waals surface area contributed by atoms with Crippen LogP contribution in [0.15, 0.2) is 18.2 Å². The number of benzene rings is 1. The van der Waals surface area contributed by atoms with E-state index in [9.17, 15) is 4.79 Å². The van der Waals surface area contributed by atoms with E-state index in [1.54, 1.807) is 18.2 Å². The molecule has 1 aliphatic rings. The molecule has 0 aromatic heterocycles. The number of nitrogens with two attached hydrogens (primary N) is 1. The molecule has 0 amide bonds. The average Bonchev–Trinajstić information content (AvgIpc) is 2.35. The van der Waals surface area contributed by atoms with Crippen LogP contribution in [-0.2, 0) is 9.53 Å². The molecule has 1 aromatic carbocycles. The van der Waals surface area contributed by atoms with Crippen LogP contribution in [0.3, 0.4) is 0 Å². The molecule has 104 valence electrons. The molecule has 3 N–H and O–H groups in total. The number of rotatable bonds is 6. The lowest BCUT2D eigenvalue weighted by Gasteiger charge is -2.27. The smallest absolute Gasteiger partial charge is 0.312 e. The van der Waals surface area contributed by atoms with Gasteiger partial charge in [-0.05, 0) is 17.7 Å². The summed E-state index contributed by atoms with van der Waals surface area (Å²) in [5.74, 6) is -0.606. The molecule has 19 heavy (non-hydrogen) atoms. The summed E-state index contributed by atoms with van der Waals surface area (Å²) in [6.45, 7) is 1.16. The Hall–Kier alpha value is -1.79. The number of carboxylic acids is 1. The minimum atomic E-state index is -0.953. The second-order valence-electron chi connectivity index (χ2n) is 4.31. The summed E-state index contributed by atoms with van der Waals surface area (Å²) in [5.41, 5.74) is 6.08. The summed E-state index contributed by atoms with van der Waals surface area (Å²) in [4.78, 5) is 11.1. The standard InChI is InChI=1S/C13H17NO5/c1-17-12-4-8(10(5-14)13(15)16)2-3-11(12)19-9-6-18-7-9/h2-4,9-10H,5-7,14H2,1H3,(H,15,16). The number of carboxylic acid groups (broad SMARTS) is 1. The fourth-order valence-corrected chi connectivity index (χ4v) is 1.84. The molecule has 0 aliphatic carbocycles. The molecule has 6 nitrogen and oxygen atoms in total. The molecule has 1 aliphatic heterocycles. The van der Waals surface area contributed by atoms with Crippen molar-refractivity contribution in [3.8, 4) is 11.5 Å². The Bertz CT molecular complexity index is 458. The Morgan fingerprint density at radius 2 is 2.26 bits per heavy atom. The highest BCUT2D eigenvalue weighted by molar-refractivity contribution is 5.76. The number of methoxy groups -OCH3 is 1. The van der Waals surface area contributed by atoms with E-state index in [1.165, 1.54) is 7.11 Å². The molecular formula is C13H17NO5. The van der Waals surface area contributed by atoms with E-state index >= 15 is 0 Å². The van der Waals surface area contributed by atoms with E-state index in [0.29, 0.717) is 30.3 Å². The van der Waals surface area contributed by atoms with E-state index < -0.39 is 11.9 Å². The first-order valence-electron chi connectivity index (χ1n) is 6.01. The van der Waals surface area contributed by atoms with Crippen LogP contribution in [0.1, 0.15) is 11.5 Å². The number of carbonyl (C=O) groups is 1. The number of aliphatic carboxylic acids is 1. The lowest BCUT2D eigenvalue weighted by Crippen LogP contribution is -2.38. The first-order chi connectivity index (χ1) is 9.15. The Labute approximate surface area is 111 Å². The predicted molar refractivity (Wildman–Crippen MR) is 67.7 cm³/mol. The molecule has 0 saturated carbocycles. The van der Waals surface area contributed by atoms with Gasteiger partial charge in [0.2, 0.25) is 0 Å².